The van der Waals surface area contributed by atoms with Gasteiger partial charge < -0.3 is 9.02 Å². The van der Waals surface area contributed by atoms with E-state index in [1.807, 2.05) is 0 Å². The molecule has 0 aliphatic heterocycles. The van der Waals surface area contributed by atoms with E-state index in [1.165, 1.54) is 0 Å². The Morgan fingerprint density at radius 3 is 2.50 bits per heavy atom. The molecule has 0 atom stereocenters. The summed E-state index contributed by atoms with van der Waals surface area (Å²) in [6.45, 7) is 0.203. The third-order valence-electron chi connectivity index (χ3n) is 0.929. The van der Waals surface area contributed by atoms with Crippen LogP contribution >= 0.6 is 21.9 Å². The van der Waals surface area contributed by atoms with Crippen molar-refractivity contribution in [3.63, 3.8) is 0 Å². The summed E-state index contributed by atoms with van der Waals surface area (Å²) in [6, 6.07) is 0. The minimum Gasteiger partial charge on any atom is -0.378 e. The molecule has 0 saturated carbocycles. The maximum atomic E-state index is 10.9. The Kier molecular flexibility index (Phi) is 7.67. The van der Waals surface area contributed by atoms with Crippen LogP contribution in [0, 0.1) is 0 Å². The normalized spacial score (nSPS) is 10.0. The molecule has 2 N–H and O–H groups in total. The van der Waals surface area contributed by atoms with Crippen LogP contribution in [0.25, 0.3) is 0 Å². The zero-order valence-corrected chi connectivity index (χ0v) is 9.52. The SMILES string of the molecule is CN(C)CC(=O)OSSCC(=O)ON. The second kappa shape index (κ2) is 7.92. The van der Waals surface area contributed by atoms with E-state index in [0.717, 1.165) is 21.9 Å². The van der Waals surface area contributed by atoms with Crippen LogP contribution in [0.3, 0.4) is 0 Å². The smallest absolute Gasteiger partial charge is 0.335 e. The van der Waals surface area contributed by atoms with Crippen LogP contribution in [0.15, 0.2) is 0 Å². The lowest BCUT2D eigenvalue weighted by Gasteiger charge is -2.06. The predicted octanol–water partition coefficient (Wildman–Crippen LogP) is -0.196. The van der Waals surface area contributed by atoms with Crippen molar-refractivity contribution in [1.82, 2.24) is 4.90 Å². The van der Waals surface area contributed by atoms with Crippen molar-refractivity contribution < 1.29 is 18.6 Å². The molecule has 0 heterocycles. The van der Waals surface area contributed by atoms with Gasteiger partial charge in [0.1, 0.15) is 16.8 Å². The third kappa shape index (κ3) is 8.17. The first kappa shape index (κ1) is 13.6. The maximum absolute atomic E-state index is 10.9. The highest BCUT2D eigenvalue weighted by atomic mass is 33.1. The number of carbonyl (C=O) groups excluding carboxylic acids is 2. The zero-order valence-electron chi connectivity index (χ0n) is 7.89. The Morgan fingerprint density at radius 1 is 1.36 bits per heavy atom. The molecule has 6 nitrogen and oxygen atoms in total. The summed E-state index contributed by atoms with van der Waals surface area (Å²) < 4.78 is 4.70. The summed E-state index contributed by atoms with van der Waals surface area (Å²) in [6.07, 6.45) is 0. The molecule has 0 rings (SSSR count). The summed E-state index contributed by atoms with van der Waals surface area (Å²) in [4.78, 5) is 27.0. The fraction of sp³-hybridized carbons (Fsp3) is 0.667. The molecule has 0 spiro atoms. The van der Waals surface area contributed by atoms with Gasteiger partial charge in [0.2, 0.25) is 0 Å². The second-order valence-electron chi connectivity index (χ2n) is 2.51. The Balaban J connectivity index is 3.36. The van der Waals surface area contributed by atoms with Crippen LogP contribution < -0.4 is 5.90 Å². The molecule has 0 aliphatic rings. The lowest BCUT2D eigenvalue weighted by molar-refractivity contribution is -0.141. The second-order valence-corrected chi connectivity index (χ2v) is 4.46. The van der Waals surface area contributed by atoms with Gasteiger partial charge in [0.05, 0.1) is 6.54 Å². The van der Waals surface area contributed by atoms with E-state index < -0.39 is 5.97 Å². The molecule has 0 radical (unpaired) electrons. The molecule has 0 saturated heterocycles. The highest BCUT2D eigenvalue weighted by Gasteiger charge is 2.07. The highest BCUT2D eigenvalue weighted by Crippen LogP contribution is 2.22. The van der Waals surface area contributed by atoms with Crippen LogP contribution in [0.1, 0.15) is 0 Å². The van der Waals surface area contributed by atoms with E-state index in [1.54, 1.807) is 19.0 Å². The summed E-state index contributed by atoms with van der Waals surface area (Å²) in [5.41, 5.74) is 0. The maximum Gasteiger partial charge on any atom is 0.335 e. The van der Waals surface area contributed by atoms with Crippen molar-refractivity contribution in [2.75, 3.05) is 26.4 Å². The van der Waals surface area contributed by atoms with E-state index in [-0.39, 0.29) is 18.3 Å². The fourth-order valence-electron chi connectivity index (χ4n) is 0.453. The van der Waals surface area contributed by atoms with Gasteiger partial charge in [-0.3, -0.25) is 4.90 Å². The van der Waals surface area contributed by atoms with Gasteiger partial charge in [-0.05, 0) is 24.9 Å². The molecule has 0 fully saturated rings. The van der Waals surface area contributed by atoms with Crippen molar-refractivity contribution in [1.29, 1.82) is 0 Å². The zero-order chi connectivity index (χ0) is 11.0. The van der Waals surface area contributed by atoms with Gasteiger partial charge in [0, 0.05) is 0 Å². The van der Waals surface area contributed by atoms with Crippen LogP contribution in [0.4, 0.5) is 0 Å². The Hall–Kier alpha value is -0.440. The molecule has 0 aliphatic carbocycles. The van der Waals surface area contributed by atoms with Gasteiger partial charge in [-0.25, -0.2) is 9.59 Å². The van der Waals surface area contributed by atoms with Crippen LogP contribution in [0.2, 0.25) is 0 Å². The van der Waals surface area contributed by atoms with Crippen LogP contribution in [0.5, 0.6) is 0 Å². The first-order valence-electron chi connectivity index (χ1n) is 3.59. The summed E-state index contributed by atoms with van der Waals surface area (Å²) in [5, 5.41) is 0. The predicted molar refractivity (Wildman–Crippen MR) is 55.0 cm³/mol. The first-order valence-corrected chi connectivity index (χ1v) is 5.84. The standard InChI is InChI=1S/C6H12N2O4S2/c1-8(2)3-5(9)12-14-13-4-6(10)11-7/h3-4,7H2,1-2H3. The molecular weight excluding hydrogens is 228 g/mol. The molecule has 14 heavy (non-hydrogen) atoms. The van der Waals surface area contributed by atoms with E-state index in [0.29, 0.717) is 0 Å². The molecule has 0 unspecified atom stereocenters. The number of hydrogen-bond acceptors (Lipinski definition) is 8. The lowest BCUT2D eigenvalue weighted by atomic mass is 10.6. The fourth-order valence-corrected chi connectivity index (χ4v) is 1.65. The minimum atomic E-state index is -0.564. The molecule has 0 aromatic heterocycles. The average Bonchev–Trinajstić information content (AvgIpc) is 2.10. The van der Waals surface area contributed by atoms with Crippen molar-refractivity contribution in [3.8, 4) is 0 Å². The highest BCUT2D eigenvalue weighted by molar-refractivity contribution is 8.75. The Bertz CT molecular complexity index is 200. The molecule has 0 amide bonds. The van der Waals surface area contributed by atoms with E-state index in [4.69, 9.17) is 4.18 Å². The molecular formula is C6H12N2O4S2. The molecule has 0 aromatic carbocycles. The van der Waals surface area contributed by atoms with Gasteiger partial charge in [-0.2, -0.15) is 5.90 Å². The van der Waals surface area contributed by atoms with Gasteiger partial charge in [-0.15, -0.1) is 0 Å². The number of hydrogen-bond donors (Lipinski definition) is 1. The van der Waals surface area contributed by atoms with E-state index in [9.17, 15) is 9.59 Å². The summed E-state index contributed by atoms with van der Waals surface area (Å²) >= 11 is 0.831. The van der Waals surface area contributed by atoms with Gasteiger partial charge >= 0.3 is 11.9 Å². The average molecular weight is 240 g/mol. The van der Waals surface area contributed by atoms with Crippen LogP contribution in [-0.4, -0.2) is 43.2 Å². The summed E-state index contributed by atoms with van der Waals surface area (Å²) in [7, 11) is 4.55. The number of carbonyl (C=O) groups is 2. The molecule has 0 aromatic rings. The van der Waals surface area contributed by atoms with Gasteiger partial charge in [-0.1, -0.05) is 0 Å². The quantitative estimate of drug-likeness (QED) is 0.296. The van der Waals surface area contributed by atoms with E-state index in [2.05, 4.69) is 10.7 Å². The van der Waals surface area contributed by atoms with Crippen molar-refractivity contribution in [3.05, 3.63) is 0 Å². The Morgan fingerprint density at radius 2 is 2.00 bits per heavy atom. The molecule has 82 valence electrons. The van der Waals surface area contributed by atoms with Crippen molar-refractivity contribution in [2.45, 2.75) is 0 Å². The number of likely N-dealkylation sites (N-methyl/N-ethyl adjacent to an activating group) is 1. The summed E-state index contributed by atoms with van der Waals surface area (Å²) in [5.74, 6) is 3.70. The lowest BCUT2D eigenvalue weighted by Crippen LogP contribution is -2.21. The third-order valence-corrected chi connectivity index (χ3v) is 2.48. The Labute approximate surface area is 90.0 Å². The van der Waals surface area contributed by atoms with Crippen molar-refractivity contribution >= 4 is 33.8 Å². The number of rotatable bonds is 6. The minimum absolute atomic E-state index is 0.0381. The monoisotopic (exact) mass is 240 g/mol. The number of nitrogens with zero attached hydrogens (tertiary/aromatic N) is 1. The molecule has 8 heteroatoms. The van der Waals surface area contributed by atoms with Gasteiger partial charge in [0.15, 0.2) is 0 Å². The van der Waals surface area contributed by atoms with Crippen LogP contribution in [-0.2, 0) is 18.6 Å². The van der Waals surface area contributed by atoms with Gasteiger partial charge in [0.25, 0.3) is 0 Å². The largest absolute Gasteiger partial charge is 0.378 e. The topological polar surface area (TPSA) is 81.9 Å². The van der Waals surface area contributed by atoms with E-state index >= 15 is 0 Å². The van der Waals surface area contributed by atoms with Crippen molar-refractivity contribution in [2.24, 2.45) is 5.90 Å². The number of nitrogens with two attached hydrogens (primary N) is 1. The first-order chi connectivity index (χ1) is 6.56. The molecule has 0 bridgehead atoms.